The number of rotatable bonds is 15. The molecular formula is C26H36NNaO4. The Hall–Kier alpha value is -1.56. The second-order valence-electron chi connectivity index (χ2n) is 8.11. The zero-order valence-corrected chi connectivity index (χ0v) is 22.2. The Morgan fingerprint density at radius 1 is 1.00 bits per heavy atom. The molecule has 6 heteroatoms. The van der Waals surface area contributed by atoms with Crippen LogP contribution in [-0.4, -0.2) is 22.9 Å². The Morgan fingerprint density at radius 3 is 2.41 bits per heavy atom. The molecule has 0 aliphatic rings. The van der Waals surface area contributed by atoms with Crippen molar-refractivity contribution in [3.05, 3.63) is 52.8 Å². The molecule has 0 amide bonds. The zero-order valence-electron chi connectivity index (χ0n) is 20.2. The van der Waals surface area contributed by atoms with Gasteiger partial charge in [-0.05, 0) is 50.3 Å². The van der Waals surface area contributed by atoms with E-state index in [1.165, 1.54) is 32.1 Å². The van der Waals surface area contributed by atoms with Gasteiger partial charge in [-0.15, -0.1) is 0 Å². The molecule has 2 aromatic rings. The number of aryl methyl sites for hydroxylation is 1. The molecule has 0 fully saturated rings. The van der Waals surface area contributed by atoms with Gasteiger partial charge in [-0.1, -0.05) is 58.1 Å². The monoisotopic (exact) mass is 449 g/mol. The Labute approximate surface area is 214 Å². The first kappa shape index (κ1) is 28.5. The first-order valence-electron chi connectivity index (χ1n) is 11.6. The smallest absolute Gasteiger partial charge is 0.550 e. The molecule has 170 valence electrons. The first-order chi connectivity index (χ1) is 15.0. The topological polar surface area (TPSA) is 71.4 Å². The number of hydrogen-bond donors (Lipinski definition) is 0. The fourth-order valence-corrected chi connectivity index (χ4v) is 3.93. The van der Waals surface area contributed by atoms with Gasteiger partial charge in [0.2, 0.25) is 0 Å². The van der Waals surface area contributed by atoms with Crippen molar-refractivity contribution in [2.24, 2.45) is 7.05 Å². The third-order valence-corrected chi connectivity index (χ3v) is 5.71. The number of benzene rings is 1. The van der Waals surface area contributed by atoms with E-state index >= 15 is 0 Å². The predicted octanol–water partition coefficient (Wildman–Crippen LogP) is 1.63. The zero-order chi connectivity index (χ0) is 22.6. The molecule has 1 heterocycles. The molecule has 32 heavy (non-hydrogen) atoms. The summed E-state index contributed by atoms with van der Waals surface area (Å²) in [7, 11) is 1.93. The number of carboxylic acid groups (broad SMARTS) is 1. The first-order valence-corrected chi connectivity index (χ1v) is 11.6. The van der Waals surface area contributed by atoms with Gasteiger partial charge < -0.3 is 19.2 Å². The maximum Gasteiger partial charge on any atom is 1.00 e. The average molecular weight is 450 g/mol. The van der Waals surface area contributed by atoms with Crippen molar-refractivity contribution in [2.45, 2.75) is 78.1 Å². The molecule has 1 aromatic carbocycles. The average Bonchev–Trinajstić information content (AvgIpc) is 3.08. The van der Waals surface area contributed by atoms with Crippen molar-refractivity contribution in [3.63, 3.8) is 0 Å². The van der Waals surface area contributed by atoms with E-state index in [9.17, 15) is 14.7 Å². The minimum Gasteiger partial charge on any atom is -0.550 e. The molecule has 0 aliphatic carbocycles. The van der Waals surface area contributed by atoms with E-state index in [1.807, 2.05) is 48.9 Å². The molecule has 1 aromatic heterocycles. The summed E-state index contributed by atoms with van der Waals surface area (Å²) in [6, 6.07) is 9.30. The van der Waals surface area contributed by atoms with Crippen LogP contribution in [0.3, 0.4) is 0 Å². The van der Waals surface area contributed by atoms with Crippen LogP contribution >= 0.6 is 0 Å². The van der Waals surface area contributed by atoms with Gasteiger partial charge in [0.1, 0.15) is 5.75 Å². The van der Waals surface area contributed by atoms with Gasteiger partial charge in [0.15, 0.2) is 5.78 Å². The molecule has 2 rings (SSSR count). The second-order valence-corrected chi connectivity index (χ2v) is 8.11. The van der Waals surface area contributed by atoms with Gasteiger partial charge in [0, 0.05) is 35.5 Å². The van der Waals surface area contributed by atoms with Crippen LogP contribution in [0.15, 0.2) is 30.3 Å². The fraction of sp³-hybridized carbons (Fsp3) is 0.538. The van der Waals surface area contributed by atoms with Crippen molar-refractivity contribution in [1.29, 1.82) is 0 Å². The summed E-state index contributed by atoms with van der Waals surface area (Å²) in [5, 5.41) is 10.7. The van der Waals surface area contributed by atoms with E-state index in [0.717, 1.165) is 30.0 Å². The number of carbonyl (C=O) groups is 2. The van der Waals surface area contributed by atoms with E-state index < -0.39 is 5.97 Å². The van der Waals surface area contributed by atoms with Crippen molar-refractivity contribution < 1.29 is 49.0 Å². The summed E-state index contributed by atoms with van der Waals surface area (Å²) < 4.78 is 7.90. The quantitative estimate of drug-likeness (QED) is 0.235. The van der Waals surface area contributed by atoms with E-state index in [-0.39, 0.29) is 41.8 Å². The number of aliphatic carboxylic acids is 1. The normalized spacial score (nSPS) is 10.6. The number of carboxylic acids is 1. The maximum absolute atomic E-state index is 13.2. The summed E-state index contributed by atoms with van der Waals surface area (Å²) in [5.74, 6) is -0.342. The minimum atomic E-state index is -1.04. The van der Waals surface area contributed by atoms with E-state index in [1.54, 1.807) is 0 Å². The predicted molar refractivity (Wildman–Crippen MR) is 121 cm³/mol. The summed E-state index contributed by atoms with van der Waals surface area (Å²) in [6.45, 7) is 4.91. The second kappa shape index (κ2) is 15.3. The van der Waals surface area contributed by atoms with E-state index in [4.69, 9.17) is 4.74 Å². The number of carbonyl (C=O) groups excluding carboxylic acids is 2. The van der Waals surface area contributed by atoms with Crippen LogP contribution in [0.25, 0.3) is 0 Å². The van der Waals surface area contributed by atoms with Crippen LogP contribution in [0.1, 0.15) is 92.5 Å². The Balaban J connectivity index is 0.00000512. The SMILES string of the molecule is CCCCCCCCOc1cccc(C(=O)c2cc(CCCC(=O)[O-])n(C)c2CC)c1.[Na+]. The van der Waals surface area contributed by atoms with Crippen molar-refractivity contribution in [3.8, 4) is 5.75 Å². The van der Waals surface area contributed by atoms with Gasteiger partial charge >= 0.3 is 29.6 Å². The number of hydrogen-bond acceptors (Lipinski definition) is 4. The number of aromatic nitrogens is 1. The van der Waals surface area contributed by atoms with E-state index in [2.05, 4.69) is 6.92 Å². The molecule has 0 radical (unpaired) electrons. The summed E-state index contributed by atoms with van der Waals surface area (Å²) in [6.07, 6.45) is 9.12. The van der Waals surface area contributed by atoms with Crippen LogP contribution in [-0.2, 0) is 24.7 Å². The van der Waals surface area contributed by atoms with Crippen LogP contribution in [0.5, 0.6) is 5.75 Å². The van der Waals surface area contributed by atoms with Crippen LogP contribution in [0.2, 0.25) is 0 Å². The molecule has 0 aliphatic heterocycles. The maximum atomic E-state index is 13.2. The largest absolute Gasteiger partial charge is 1.00 e. The van der Waals surface area contributed by atoms with Crippen molar-refractivity contribution in [2.75, 3.05) is 6.61 Å². The van der Waals surface area contributed by atoms with Crippen molar-refractivity contribution >= 4 is 11.8 Å². The fourth-order valence-electron chi connectivity index (χ4n) is 3.93. The van der Waals surface area contributed by atoms with Gasteiger partial charge in [0.25, 0.3) is 0 Å². The van der Waals surface area contributed by atoms with E-state index in [0.29, 0.717) is 30.6 Å². The molecule has 0 spiro atoms. The molecule has 0 atom stereocenters. The number of nitrogens with zero attached hydrogens (tertiary/aromatic N) is 1. The Bertz CT molecular complexity index is 860. The number of ketones is 1. The van der Waals surface area contributed by atoms with Crippen LogP contribution < -0.4 is 39.4 Å². The van der Waals surface area contributed by atoms with Gasteiger partial charge in [-0.2, -0.15) is 0 Å². The molecular weight excluding hydrogens is 413 g/mol. The van der Waals surface area contributed by atoms with Gasteiger partial charge in [-0.3, -0.25) is 4.79 Å². The van der Waals surface area contributed by atoms with Gasteiger partial charge in [-0.25, -0.2) is 0 Å². The standard InChI is InChI=1S/C26H37NO4.Na/c1-4-6-7-8-9-10-17-31-22-15-11-13-20(18-22)26(30)23-19-21(14-12-16-25(28)29)27(3)24(23)5-2;/h11,13,15,18-19H,4-10,12,14,16-17H2,1-3H3,(H,28,29);/q;+1/p-1. The van der Waals surface area contributed by atoms with Crippen LogP contribution in [0.4, 0.5) is 0 Å². The van der Waals surface area contributed by atoms with Crippen molar-refractivity contribution in [1.82, 2.24) is 4.57 Å². The summed E-state index contributed by atoms with van der Waals surface area (Å²) in [5.41, 5.74) is 3.23. The Kier molecular flexibility index (Phi) is 13.6. The molecule has 0 saturated carbocycles. The molecule has 0 saturated heterocycles. The molecule has 0 bridgehead atoms. The number of ether oxygens (including phenoxy) is 1. The molecule has 5 nitrogen and oxygen atoms in total. The third-order valence-electron chi connectivity index (χ3n) is 5.71. The summed E-state index contributed by atoms with van der Waals surface area (Å²) >= 11 is 0. The van der Waals surface area contributed by atoms with Gasteiger partial charge in [0.05, 0.1) is 6.61 Å². The molecule has 0 unspecified atom stereocenters. The molecule has 0 N–H and O–H groups in total. The van der Waals surface area contributed by atoms with Crippen LogP contribution in [0, 0.1) is 0 Å². The summed E-state index contributed by atoms with van der Waals surface area (Å²) in [4.78, 5) is 23.9. The third kappa shape index (κ3) is 8.76. The minimum absolute atomic E-state index is 0. The number of unbranched alkanes of at least 4 members (excludes halogenated alkanes) is 5. The Morgan fingerprint density at radius 2 is 1.72 bits per heavy atom.